The summed E-state index contributed by atoms with van der Waals surface area (Å²) in [5.74, 6) is 1.02. The van der Waals surface area contributed by atoms with Crippen LogP contribution in [0.4, 0.5) is 5.69 Å². The molecule has 0 aliphatic rings. The first-order chi connectivity index (χ1) is 9.88. The van der Waals surface area contributed by atoms with E-state index in [1.807, 2.05) is 6.07 Å². The summed E-state index contributed by atoms with van der Waals surface area (Å²) in [5.41, 5.74) is 1.32. The van der Waals surface area contributed by atoms with Crippen molar-refractivity contribution in [2.45, 2.75) is 20.0 Å². The molecule has 0 saturated heterocycles. The van der Waals surface area contributed by atoms with Crippen LogP contribution in [0.5, 0.6) is 11.5 Å². The van der Waals surface area contributed by atoms with Gasteiger partial charge in [0.2, 0.25) is 0 Å². The third-order valence-electron chi connectivity index (χ3n) is 3.01. The average molecular weight is 352 g/mol. The molecule has 6 heteroatoms. The SMILES string of the molecule is Cc1cc([N+](=O)[O-])ccc1Oc1cc(Br)ccc1C(C)O. The van der Waals surface area contributed by atoms with E-state index >= 15 is 0 Å². The van der Waals surface area contributed by atoms with Crippen molar-refractivity contribution in [3.63, 3.8) is 0 Å². The van der Waals surface area contributed by atoms with Crippen LogP contribution in [0.3, 0.4) is 0 Å². The number of ether oxygens (including phenoxy) is 1. The molecule has 0 spiro atoms. The lowest BCUT2D eigenvalue weighted by Crippen LogP contribution is -1.97. The Bertz CT molecular complexity index is 685. The van der Waals surface area contributed by atoms with Crippen LogP contribution < -0.4 is 4.74 Å². The van der Waals surface area contributed by atoms with Gasteiger partial charge in [-0.25, -0.2) is 0 Å². The van der Waals surface area contributed by atoms with Gasteiger partial charge in [-0.15, -0.1) is 0 Å². The Kier molecular flexibility index (Phi) is 4.59. The molecule has 0 aromatic heterocycles. The summed E-state index contributed by atoms with van der Waals surface area (Å²) < 4.78 is 6.63. The smallest absolute Gasteiger partial charge is 0.269 e. The lowest BCUT2D eigenvalue weighted by molar-refractivity contribution is -0.384. The third-order valence-corrected chi connectivity index (χ3v) is 3.51. The quantitative estimate of drug-likeness (QED) is 0.649. The lowest BCUT2D eigenvalue weighted by Gasteiger charge is -2.15. The molecular formula is C15H14BrNO4. The van der Waals surface area contributed by atoms with Crippen molar-refractivity contribution in [2.24, 2.45) is 0 Å². The largest absolute Gasteiger partial charge is 0.457 e. The van der Waals surface area contributed by atoms with Gasteiger partial charge in [0.15, 0.2) is 0 Å². The van der Waals surface area contributed by atoms with E-state index in [0.29, 0.717) is 22.6 Å². The maximum absolute atomic E-state index is 10.7. The van der Waals surface area contributed by atoms with E-state index in [1.54, 1.807) is 32.0 Å². The molecule has 0 amide bonds. The fourth-order valence-corrected chi connectivity index (χ4v) is 2.26. The number of aliphatic hydroxyl groups is 1. The van der Waals surface area contributed by atoms with Gasteiger partial charge in [0.05, 0.1) is 11.0 Å². The highest BCUT2D eigenvalue weighted by Gasteiger charge is 2.14. The topological polar surface area (TPSA) is 72.6 Å². The number of aliphatic hydroxyl groups excluding tert-OH is 1. The first kappa shape index (κ1) is 15.5. The summed E-state index contributed by atoms with van der Waals surface area (Å²) in [5, 5.41) is 20.5. The van der Waals surface area contributed by atoms with Gasteiger partial charge in [0, 0.05) is 22.2 Å². The summed E-state index contributed by atoms with van der Waals surface area (Å²) in [7, 11) is 0. The Morgan fingerprint density at radius 3 is 2.52 bits per heavy atom. The van der Waals surface area contributed by atoms with E-state index in [1.165, 1.54) is 12.1 Å². The summed E-state index contributed by atoms with van der Waals surface area (Å²) in [4.78, 5) is 10.3. The number of benzene rings is 2. The number of non-ortho nitro benzene ring substituents is 1. The second kappa shape index (κ2) is 6.24. The number of nitro groups is 1. The number of nitrogens with zero attached hydrogens (tertiary/aromatic N) is 1. The molecular weight excluding hydrogens is 338 g/mol. The lowest BCUT2D eigenvalue weighted by atomic mass is 10.1. The minimum absolute atomic E-state index is 0.0184. The summed E-state index contributed by atoms with van der Waals surface area (Å²) in [6.45, 7) is 3.39. The minimum atomic E-state index is -0.675. The van der Waals surface area contributed by atoms with Crippen molar-refractivity contribution in [2.75, 3.05) is 0 Å². The zero-order valence-electron chi connectivity index (χ0n) is 11.5. The standard InChI is InChI=1S/C15H14BrNO4/c1-9-7-12(17(19)20)4-6-14(9)21-15-8-11(16)3-5-13(15)10(2)18/h3-8,10,18H,1-2H3. The van der Waals surface area contributed by atoms with Crippen LogP contribution in [0.25, 0.3) is 0 Å². The molecule has 5 nitrogen and oxygen atoms in total. The molecule has 1 N–H and O–H groups in total. The Labute approximate surface area is 130 Å². The molecule has 0 aliphatic heterocycles. The van der Waals surface area contributed by atoms with Crippen LogP contribution >= 0.6 is 15.9 Å². The monoisotopic (exact) mass is 351 g/mol. The van der Waals surface area contributed by atoms with Crippen molar-refractivity contribution in [1.82, 2.24) is 0 Å². The van der Waals surface area contributed by atoms with Gasteiger partial charge in [-0.3, -0.25) is 10.1 Å². The zero-order chi connectivity index (χ0) is 15.6. The summed E-state index contributed by atoms with van der Waals surface area (Å²) in [6.07, 6.45) is -0.675. The first-order valence-corrected chi connectivity index (χ1v) is 7.08. The van der Waals surface area contributed by atoms with Crippen LogP contribution in [0.15, 0.2) is 40.9 Å². The van der Waals surface area contributed by atoms with Crippen LogP contribution in [0, 0.1) is 17.0 Å². The molecule has 0 radical (unpaired) electrons. The van der Waals surface area contributed by atoms with Gasteiger partial charge in [0.1, 0.15) is 11.5 Å². The van der Waals surface area contributed by atoms with E-state index in [4.69, 9.17) is 4.74 Å². The maximum Gasteiger partial charge on any atom is 0.269 e. The number of rotatable bonds is 4. The fraction of sp³-hybridized carbons (Fsp3) is 0.200. The van der Waals surface area contributed by atoms with Crippen molar-refractivity contribution in [3.8, 4) is 11.5 Å². The van der Waals surface area contributed by atoms with Crippen LogP contribution in [-0.2, 0) is 0 Å². The highest BCUT2D eigenvalue weighted by Crippen LogP contribution is 2.34. The predicted molar refractivity (Wildman–Crippen MR) is 82.7 cm³/mol. The van der Waals surface area contributed by atoms with Crippen molar-refractivity contribution in [3.05, 3.63) is 62.1 Å². The van der Waals surface area contributed by atoms with E-state index in [9.17, 15) is 15.2 Å². The second-order valence-corrected chi connectivity index (χ2v) is 5.58. The van der Waals surface area contributed by atoms with Crippen molar-refractivity contribution in [1.29, 1.82) is 0 Å². The molecule has 2 aromatic rings. The Morgan fingerprint density at radius 2 is 1.95 bits per heavy atom. The molecule has 21 heavy (non-hydrogen) atoms. The second-order valence-electron chi connectivity index (χ2n) is 4.67. The Hall–Kier alpha value is -1.92. The van der Waals surface area contributed by atoms with Crippen molar-refractivity contribution < 1.29 is 14.8 Å². The molecule has 2 rings (SSSR count). The van der Waals surface area contributed by atoms with Gasteiger partial charge in [-0.1, -0.05) is 22.0 Å². The van der Waals surface area contributed by atoms with E-state index < -0.39 is 11.0 Å². The van der Waals surface area contributed by atoms with Gasteiger partial charge < -0.3 is 9.84 Å². The van der Waals surface area contributed by atoms with Gasteiger partial charge in [-0.2, -0.15) is 0 Å². The third kappa shape index (κ3) is 3.59. The minimum Gasteiger partial charge on any atom is -0.457 e. The fourth-order valence-electron chi connectivity index (χ4n) is 1.92. The Balaban J connectivity index is 2.38. The maximum atomic E-state index is 10.7. The normalized spacial score (nSPS) is 12.0. The molecule has 0 aliphatic carbocycles. The molecule has 2 aromatic carbocycles. The molecule has 1 unspecified atom stereocenters. The Morgan fingerprint density at radius 1 is 1.24 bits per heavy atom. The van der Waals surface area contributed by atoms with E-state index in [0.717, 1.165) is 4.47 Å². The first-order valence-electron chi connectivity index (χ1n) is 6.29. The molecule has 0 fully saturated rings. The number of hydrogen-bond donors (Lipinski definition) is 1. The number of hydrogen-bond acceptors (Lipinski definition) is 4. The van der Waals surface area contributed by atoms with Crippen molar-refractivity contribution >= 4 is 21.6 Å². The van der Waals surface area contributed by atoms with Crippen LogP contribution in [0.1, 0.15) is 24.2 Å². The van der Waals surface area contributed by atoms with E-state index in [2.05, 4.69) is 15.9 Å². The van der Waals surface area contributed by atoms with Crippen LogP contribution in [-0.4, -0.2) is 10.0 Å². The average Bonchev–Trinajstić information content (AvgIpc) is 2.40. The summed E-state index contributed by atoms with van der Waals surface area (Å²) >= 11 is 3.36. The molecule has 110 valence electrons. The van der Waals surface area contributed by atoms with Gasteiger partial charge in [0.25, 0.3) is 5.69 Å². The molecule has 0 bridgehead atoms. The van der Waals surface area contributed by atoms with Gasteiger partial charge in [-0.05, 0) is 37.6 Å². The van der Waals surface area contributed by atoms with Crippen LogP contribution in [0.2, 0.25) is 0 Å². The molecule has 0 heterocycles. The predicted octanol–water partition coefficient (Wildman–Crippen LogP) is 4.51. The summed E-state index contributed by atoms with van der Waals surface area (Å²) in [6, 6.07) is 9.74. The number of halogens is 1. The molecule has 1 atom stereocenters. The van der Waals surface area contributed by atoms with Gasteiger partial charge >= 0.3 is 0 Å². The van der Waals surface area contributed by atoms with E-state index in [-0.39, 0.29) is 5.69 Å². The highest BCUT2D eigenvalue weighted by molar-refractivity contribution is 9.10. The zero-order valence-corrected chi connectivity index (χ0v) is 13.1. The number of aryl methyl sites for hydroxylation is 1. The highest BCUT2D eigenvalue weighted by atomic mass is 79.9. The molecule has 0 saturated carbocycles. The number of nitro benzene ring substituents is 1.